The number of esters is 1. The van der Waals surface area contributed by atoms with Crippen molar-refractivity contribution in [2.24, 2.45) is 23.7 Å². The number of H-pyrrole nitrogens is 1. The first-order valence-electron chi connectivity index (χ1n) is 11.7. The Morgan fingerprint density at radius 3 is 2.64 bits per heavy atom. The second kappa shape index (κ2) is 9.32. The number of aliphatic carboxylic acids is 1. The van der Waals surface area contributed by atoms with Gasteiger partial charge in [0, 0.05) is 30.7 Å². The van der Waals surface area contributed by atoms with E-state index < -0.39 is 35.9 Å². The molecule has 5 heterocycles. The van der Waals surface area contributed by atoms with Gasteiger partial charge in [0.1, 0.15) is 5.82 Å². The second-order valence-corrected chi connectivity index (χ2v) is 9.83. The zero-order chi connectivity index (χ0) is 23.8. The molecular formula is C23H34N2O8. The molecule has 1 spiro atoms. The van der Waals surface area contributed by atoms with Gasteiger partial charge in [-0.25, -0.2) is 14.8 Å². The average molecular weight is 467 g/mol. The third kappa shape index (κ3) is 4.66. The molecule has 0 aromatic carbocycles. The molecule has 2 bridgehead atoms. The monoisotopic (exact) mass is 466 g/mol. The average Bonchev–Trinajstić information content (AvgIpc) is 3.13. The molecule has 1 aromatic rings. The maximum Gasteiger partial charge on any atom is 0.308 e. The first kappa shape index (κ1) is 24.1. The van der Waals surface area contributed by atoms with E-state index in [1.54, 1.807) is 12.4 Å². The van der Waals surface area contributed by atoms with Gasteiger partial charge >= 0.3 is 11.9 Å². The lowest BCUT2D eigenvalue weighted by atomic mass is 9.58. The molecule has 5 aliphatic rings. The molecule has 1 aromatic heterocycles. The summed E-state index contributed by atoms with van der Waals surface area (Å²) in [5.41, 5.74) is -0.697. The lowest BCUT2D eigenvalue weighted by Gasteiger charge is -2.59. The molecular weight excluding hydrogens is 432 g/mol. The van der Waals surface area contributed by atoms with Crippen LogP contribution in [0.15, 0.2) is 12.4 Å². The maximum absolute atomic E-state index is 12.1. The number of aromatic nitrogens is 2. The predicted molar refractivity (Wildman–Crippen MR) is 113 cm³/mol. The molecule has 0 radical (unpaired) electrons. The van der Waals surface area contributed by atoms with Gasteiger partial charge < -0.3 is 24.3 Å². The number of hydrogen-bond acceptors (Lipinski definition) is 8. The van der Waals surface area contributed by atoms with E-state index >= 15 is 0 Å². The zero-order valence-corrected chi connectivity index (χ0v) is 19.6. The SMILES string of the molecule is C[C@H]1[C@@H](OC(=O)CCC(=O)O)O[C@@H]2O[C@@]3(C)CC[C@H]4[C@H](C)CC[C@@H]1[C@@]24OO3.Cc1ncc[nH]1. The topological polar surface area (TPSA) is 129 Å². The van der Waals surface area contributed by atoms with E-state index in [2.05, 4.69) is 16.9 Å². The summed E-state index contributed by atoms with van der Waals surface area (Å²) in [7, 11) is 0. The van der Waals surface area contributed by atoms with E-state index in [0.717, 1.165) is 25.1 Å². The van der Waals surface area contributed by atoms with Gasteiger partial charge in [-0.1, -0.05) is 13.8 Å². The van der Waals surface area contributed by atoms with E-state index in [-0.39, 0.29) is 30.6 Å². The fraction of sp³-hybridized carbons (Fsp3) is 0.783. The summed E-state index contributed by atoms with van der Waals surface area (Å²) in [6, 6.07) is 0. The van der Waals surface area contributed by atoms with Crippen molar-refractivity contribution in [3.05, 3.63) is 18.2 Å². The van der Waals surface area contributed by atoms with Crippen LogP contribution < -0.4 is 0 Å². The maximum atomic E-state index is 12.1. The quantitative estimate of drug-likeness (QED) is 0.507. The second-order valence-electron chi connectivity index (χ2n) is 9.83. The molecule has 2 N–H and O–H groups in total. The van der Waals surface area contributed by atoms with Crippen LogP contribution in [-0.4, -0.2) is 51.0 Å². The van der Waals surface area contributed by atoms with Gasteiger partial charge in [0.25, 0.3) is 0 Å². The summed E-state index contributed by atoms with van der Waals surface area (Å²) in [6.07, 6.45) is 5.25. The summed E-state index contributed by atoms with van der Waals surface area (Å²) < 4.78 is 17.8. The van der Waals surface area contributed by atoms with Crippen molar-refractivity contribution in [2.45, 2.75) is 90.2 Å². The van der Waals surface area contributed by atoms with Crippen LogP contribution in [0, 0.1) is 30.6 Å². The lowest BCUT2D eigenvalue weighted by Crippen LogP contribution is -2.70. The van der Waals surface area contributed by atoms with Crippen LogP contribution in [0.2, 0.25) is 0 Å². The molecule has 4 saturated heterocycles. The van der Waals surface area contributed by atoms with Gasteiger partial charge in [-0.15, -0.1) is 0 Å². The normalized spacial score (nSPS) is 41.2. The molecule has 5 fully saturated rings. The minimum absolute atomic E-state index is 0.0670. The number of aryl methyl sites for hydroxylation is 1. The van der Waals surface area contributed by atoms with Crippen LogP contribution in [0.25, 0.3) is 0 Å². The Balaban J connectivity index is 0.000000376. The van der Waals surface area contributed by atoms with Crippen molar-refractivity contribution < 1.29 is 38.7 Å². The molecule has 10 heteroatoms. The van der Waals surface area contributed by atoms with E-state index in [1.807, 2.05) is 20.8 Å². The Morgan fingerprint density at radius 2 is 2.00 bits per heavy atom. The Bertz CT molecular complexity index is 848. The number of nitrogens with zero attached hydrogens (tertiary/aromatic N) is 1. The first-order chi connectivity index (χ1) is 15.6. The van der Waals surface area contributed by atoms with Crippen molar-refractivity contribution in [1.29, 1.82) is 0 Å². The van der Waals surface area contributed by atoms with E-state index in [0.29, 0.717) is 12.3 Å². The van der Waals surface area contributed by atoms with Crippen LogP contribution in [0.3, 0.4) is 0 Å². The van der Waals surface area contributed by atoms with E-state index in [9.17, 15) is 9.59 Å². The Morgan fingerprint density at radius 1 is 1.21 bits per heavy atom. The molecule has 1 saturated carbocycles. The molecule has 6 rings (SSSR count). The highest BCUT2D eigenvalue weighted by Crippen LogP contribution is 2.60. The fourth-order valence-electron chi connectivity index (χ4n) is 5.75. The van der Waals surface area contributed by atoms with Crippen LogP contribution >= 0.6 is 0 Å². The molecule has 1 aliphatic carbocycles. The molecule has 0 amide bonds. The van der Waals surface area contributed by atoms with Gasteiger partial charge in [0.05, 0.1) is 12.8 Å². The van der Waals surface area contributed by atoms with Crippen molar-refractivity contribution in [3.63, 3.8) is 0 Å². The number of carbonyl (C=O) groups excluding carboxylic acids is 1. The third-order valence-electron chi connectivity index (χ3n) is 7.52. The molecule has 33 heavy (non-hydrogen) atoms. The number of imidazole rings is 1. The van der Waals surface area contributed by atoms with E-state index in [4.69, 9.17) is 29.1 Å². The number of aromatic amines is 1. The lowest BCUT2D eigenvalue weighted by molar-refractivity contribution is -0.576. The van der Waals surface area contributed by atoms with Gasteiger partial charge in [-0.05, 0) is 44.9 Å². The highest BCUT2D eigenvalue weighted by atomic mass is 17.3. The van der Waals surface area contributed by atoms with E-state index in [1.165, 1.54) is 0 Å². The minimum Gasteiger partial charge on any atom is -0.481 e. The highest BCUT2D eigenvalue weighted by molar-refractivity contribution is 5.76. The number of carboxylic acid groups (broad SMARTS) is 1. The van der Waals surface area contributed by atoms with Crippen molar-refractivity contribution >= 4 is 11.9 Å². The number of fused-ring (bicyclic) bond motifs is 2. The molecule has 4 aliphatic heterocycles. The first-order valence-corrected chi connectivity index (χ1v) is 11.7. The van der Waals surface area contributed by atoms with Gasteiger partial charge in [-0.2, -0.15) is 0 Å². The number of rotatable bonds is 4. The molecule has 0 unspecified atom stereocenters. The van der Waals surface area contributed by atoms with Crippen LogP contribution in [0.5, 0.6) is 0 Å². The summed E-state index contributed by atoms with van der Waals surface area (Å²) >= 11 is 0. The number of carboxylic acids is 1. The molecule has 10 nitrogen and oxygen atoms in total. The number of nitrogens with one attached hydrogen (secondary N) is 1. The standard InChI is InChI=1S/C19H28O8.C4H6N2/c1-10-4-5-13-11(2)16(23-15(22)7-6-14(20)21)24-17-19(13)12(10)8-9-18(3,25-17)26-27-19;1-4-5-2-3-6-4/h10-13,16-17H,4-9H2,1-3H3,(H,20,21);2-3H,1H3,(H,5,6)/t10-,11-,12+,13+,16+,17-,18-,19-;/m1./s1. The Labute approximate surface area is 193 Å². The Kier molecular flexibility index (Phi) is 6.82. The van der Waals surface area contributed by atoms with Crippen molar-refractivity contribution in [3.8, 4) is 0 Å². The summed E-state index contributed by atoms with van der Waals surface area (Å²) in [6.45, 7) is 7.98. The molecule has 184 valence electrons. The highest BCUT2D eigenvalue weighted by Gasteiger charge is 2.69. The van der Waals surface area contributed by atoms with Crippen LogP contribution in [0.1, 0.15) is 65.1 Å². The number of carbonyl (C=O) groups is 2. The zero-order valence-electron chi connectivity index (χ0n) is 19.6. The smallest absolute Gasteiger partial charge is 0.308 e. The Hall–Kier alpha value is -2.01. The largest absolute Gasteiger partial charge is 0.481 e. The van der Waals surface area contributed by atoms with Crippen LogP contribution in [0.4, 0.5) is 0 Å². The number of ether oxygens (including phenoxy) is 3. The summed E-state index contributed by atoms with van der Waals surface area (Å²) in [5, 5.41) is 8.76. The van der Waals surface area contributed by atoms with Gasteiger partial charge in [0.2, 0.25) is 12.1 Å². The summed E-state index contributed by atoms with van der Waals surface area (Å²) in [4.78, 5) is 41.3. The fourth-order valence-corrected chi connectivity index (χ4v) is 5.75. The van der Waals surface area contributed by atoms with Gasteiger partial charge in [-0.3, -0.25) is 9.59 Å². The minimum atomic E-state index is -1.03. The van der Waals surface area contributed by atoms with Crippen molar-refractivity contribution in [1.82, 2.24) is 9.97 Å². The number of hydrogen-bond donors (Lipinski definition) is 2. The molecule has 8 atom stereocenters. The van der Waals surface area contributed by atoms with Gasteiger partial charge in [0.15, 0.2) is 11.9 Å². The van der Waals surface area contributed by atoms with Crippen LogP contribution in [-0.2, 0) is 33.6 Å². The van der Waals surface area contributed by atoms with Crippen molar-refractivity contribution in [2.75, 3.05) is 0 Å². The third-order valence-corrected chi connectivity index (χ3v) is 7.52. The predicted octanol–water partition coefficient (Wildman–Crippen LogP) is 3.32. The summed E-state index contributed by atoms with van der Waals surface area (Å²) in [5.74, 6) is -0.857.